The molecule has 0 aliphatic carbocycles. The fourth-order valence-electron chi connectivity index (χ4n) is 2.45. The average Bonchev–Trinajstić information content (AvgIpc) is 2.54. The highest BCUT2D eigenvalue weighted by Crippen LogP contribution is 2.25. The van der Waals surface area contributed by atoms with E-state index < -0.39 is 18.0 Å². The van der Waals surface area contributed by atoms with Crippen LogP contribution in [0, 0.1) is 17.2 Å². The van der Waals surface area contributed by atoms with Crippen LogP contribution in [-0.4, -0.2) is 36.0 Å². The van der Waals surface area contributed by atoms with E-state index in [9.17, 15) is 22.8 Å². The van der Waals surface area contributed by atoms with Crippen LogP contribution in [0.4, 0.5) is 18.9 Å². The Bertz CT molecular complexity index is 644. The molecule has 0 radical (unpaired) electrons. The minimum atomic E-state index is -4.89. The minimum Gasteiger partial charge on any atom is -0.335 e. The fraction of sp³-hybridized carbons (Fsp3) is 0.400. The first-order valence-corrected chi connectivity index (χ1v) is 6.99. The van der Waals surface area contributed by atoms with Gasteiger partial charge in [0.05, 0.1) is 11.3 Å². The third kappa shape index (κ3) is 4.00. The van der Waals surface area contributed by atoms with Crippen molar-refractivity contribution in [1.29, 1.82) is 5.26 Å². The van der Waals surface area contributed by atoms with E-state index in [1.807, 2.05) is 6.07 Å². The molecule has 1 saturated heterocycles. The van der Waals surface area contributed by atoms with Gasteiger partial charge in [-0.1, -0.05) is 12.1 Å². The van der Waals surface area contributed by atoms with Crippen molar-refractivity contribution in [2.75, 3.05) is 18.4 Å². The van der Waals surface area contributed by atoms with Crippen LogP contribution < -0.4 is 5.32 Å². The predicted octanol–water partition coefficient (Wildman–Crippen LogP) is 2.30. The summed E-state index contributed by atoms with van der Waals surface area (Å²) in [5.74, 6) is -2.71. The normalized spacial score (nSPS) is 15.8. The number of alkyl halides is 3. The molecular weight excluding hydrogens is 311 g/mol. The van der Waals surface area contributed by atoms with E-state index in [2.05, 4.69) is 5.32 Å². The lowest BCUT2D eigenvalue weighted by Gasteiger charge is -2.31. The molecule has 1 aliphatic rings. The quantitative estimate of drug-likeness (QED) is 0.907. The minimum absolute atomic E-state index is 0.115. The van der Waals surface area contributed by atoms with Crippen molar-refractivity contribution in [2.45, 2.75) is 19.0 Å². The van der Waals surface area contributed by atoms with Gasteiger partial charge in [-0.3, -0.25) is 9.59 Å². The molecule has 1 aromatic rings. The Labute approximate surface area is 130 Å². The lowest BCUT2D eigenvalue weighted by Crippen LogP contribution is -2.46. The molecule has 122 valence electrons. The Morgan fingerprint density at radius 2 is 1.83 bits per heavy atom. The van der Waals surface area contributed by atoms with Crippen molar-refractivity contribution in [3.8, 4) is 6.07 Å². The average molecular weight is 325 g/mol. The summed E-state index contributed by atoms with van der Waals surface area (Å²) >= 11 is 0. The third-order valence-electron chi connectivity index (χ3n) is 3.70. The van der Waals surface area contributed by atoms with Gasteiger partial charge < -0.3 is 10.2 Å². The summed E-state index contributed by atoms with van der Waals surface area (Å²) in [5, 5.41) is 11.6. The molecule has 0 saturated carbocycles. The van der Waals surface area contributed by atoms with Crippen molar-refractivity contribution in [1.82, 2.24) is 4.90 Å². The lowest BCUT2D eigenvalue weighted by molar-refractivity contribution is -0.186. The van der Waals surface area contributed by atoms with Crippen LogP contribution in [0.2, 0.25) is 0 Å². The zero-order chi connectivity index (χ0) is 17.0. The number of nitriles is 1. The van der Waals surface area contributed by atoms with Gasteiger partial charge in [-0.2, -0.15) is 18.4 Å². The maximum atomic E-state index is 12.4. The highest BCUT2D eigenvalue weighted by molar-refractivity contribution is 5.94. The molecule has 23 heavy (non-hydrogen) atoms. The van der Waals surface area contributed by atoms with Crippen LogP contribution in [-0.2, 0) is 9.59 Å². The van der Waals surface area contributed by atoms with E-state index in [0.29, 0.717) is 16.2 Å². The second kappa shape index (κ2) is 6.69. The van der Waals surface area contributed by atoms with Gasteiger partial charge in [0.2, 0.25) is 5.91 Å². The number of nitrogens with zero attached hydrogens (tertiary/aromatic N) is 2. The number of hydrogen-bond donors (Lipinski definition) is 1. The van der Waals surface area contributed by atoms with Crippen LogP contribution in [0.15, 0.2) is 24.3 Å². The van der Waals surface area contributed by atoms with E-state index in [0.717, 1.165) is 0 Å². The number of likely N-dealkylation sites (tertiary alicyclic amines) is 1. The molecule has 1 heterocycles. The second-order valence-corrected chi connectivity index (χ2v) is 5.21. The number of carbonyl (C=O) groups excluding carboxylic acids is 2. The Hall–Kier alpha value is -2.56. The fourth-order valence-corrected chi connectivity index (χ4v) is 2.45. The Morgan fingerprint density at radius 1 is 1.22 bits per heavy atom. The van der Waals surface area contributed by atoms with Gasteiger partial charge in [-0.25, -0.2) is 0 Å². The van der Waals surface area contributed by atoms with Gasteiger partial charge in [-0.15, -0.1) is 0 Å². The zero-order valence-corrected chi connectivity index (χ0v) is 12.1. The van der Waals surface area contributed by atoms with Gasteiger partial charge in [0.25, 0.3) is 0 Å². The van der Waals surface area contributed by atoms with E-state index in [4.69, 9.17) is 5.26 Å². The van der Waals surface area contributed by atoms with Crippen molar-refractivity contribution in [2.24, 2.45) is 5.92 Å². The molecule has 0 atom stereocenters. The highest BCUT2D eigenvalue weighted by Gasteiger charge is 2.43. The summed E-state index contributed by atoms with van der Waals surface area (Å²) in [6.07, 6.45) is -4.58. The number of amides is 2. The summed E-state index contributed by atoms with van der Waals surface area (Å²) in [4.78, 5) is 24.0. The maximum absolute atomic E-state index is 12.4. The Balaban J connectivity index is 1.94. The molecule has 1 aromatic carbocycles. The third-order valence-corrected chi connectivity index (χ3v) is 3.70. The smallest absolute Gasteiger partial charge is 0.335 e. The first-order chi connectivity index (χ1) is 10.8. The van der Waals surface area contributed by atoms with Crippen LogP contribution in [0.1, 0.15) is 18.4 Å². The van der Waals surface area contributed by atoms with Crippen molar-refractivity contribution < 1.29 is 22.8 Å². The predicted molar refractivity (Wildman–Crippen MR) is 75.1 cm³/mol. The molecule has 1 fully saturated rings. The van der Waals surface area contributed by atoms with Crippen LogP contribution >= 0.6 is 0 Å². The molecule has 0 aromatic heterocycles. The Kier molecular flexibility index (Phi) is 4.89. The second-order valence-electron chi connectivity index (χ2n) is 5.21. The molecule has 2 rings (SSSR count). The largest absolute Gasteiger partial charge is 0.471 e. The number of para-hydroxylation sites is 1. The molecule has 8 heteroatoms. The van der Waals surface area contributed by atoms with Crippen molar-refractivity contribution >= 4 is 17.5 Å². The summed E-state index contributed by atoms with van der Waals surface area (Å²) in [6.45, 7) is -0.230. The number of piperidine rings is 1. The van der Waals surface area contributed by atoms with Gasteiger partial charge in [0, 0.05) is 19.0 Å². The van der Waals surface area contributed by atoms with Gasteiger partial charge in [0.1, 0.15) is 6.07 Å². The molecule has 0 spiro atoms. The number of benzene rings is 1. The number of anilines is 1. The molecular formula is C15H14F3N3O2. The van der Waals surface area contributed by atoms with E-state index in [1.54, 1.807) is 24.3 Å². The molecule has 1 aliphatic heterocycles. The number of carbonyl (C=O) groups is 2. The Morgan fingerprint density at radius 3 is 2.39 bits per heavy atom. The SMILES string of the molecule is N#Cc1ccccc1NC(=O)C1CCN(C(=O)C(F)(F)F)CC1. The first kappa shape index (κ1) is 16.8. The summed E-state index contributed by atoms with van der Waals surface area (Å²) in [6, 6.07) is 8.42. The molecule has 0 unspecified atom stereocenters. The standard InChI is InChI=1S/C15H14F3N3O2/c16-15(17,18)14(23)21-7-5-10(6-8-21)13(22)20-12-4-2-1-3-11(12)9-19/h1-4,10H,5-8H2,(H,20,22). The number of rotatable bonds is 2. The van der Waals surface area contributed by atoms with Crippen LogP contribution in [0.3, 0.4) is 0 Å². The molecule has 1 N–H and O–H groups in total. The lowest BCUT2D eigenvalue weighted by atomic mass is 9.95. The summed E-state index contributed by atoms with van der Waals surface area (Å²) in [7, 11) is 0. The van der Waals surface area contributed by atoms with Crippen LogP contribution in [0.25, 0.3) is 0 Å². The number of halogens is 3. The number of nitrogens with one attached hydrogen (secondary N) is 1. The first-order valence-electron chi connectivity index (χ1n) is 6.99. The van der Waals surface area contributed by atoms with E-state index in [1.165, 1.54) is 0 Å². The van der Waals surface area contributed by atoms with Crippen LogP contribution in [0.5, 0.6) is 0 Å². The zero-order valence-electron chi connectivity index (χ0n) is 12.1. The highest BCUT2D eigenvalue weighted by atomic mass is 19.4. The van der Waals surface area contributed by atoms with Crippen molar-refractivity contribution in [3.63, 3.8) is 0 Å². The number of hydrogen-bond acceptors (Lipinski definition) is 3. The monoisotopic (exact) mass is 325 g/mol. The molecule has 5 nitrogen and oxygen atoms in total. The van der Waals surface area contributed by atoms with Gasteiger partial charge in [-0.05, 0) is 25.0 Å². The topological polar surface area (TPSA) is 73.2 Å². The summed E-state index contributed by atoms with van der Waals surface area (Å²) < 4.78 is 37.1. The van der Waals surface area contributed by atoms with Crippen molar-refractivity contribution in [3.05, 3.63) is 29.8 Å². The maximum Gasteiger partial charge on any atom is 0.471 e. The molecule has 2 amide bonds. The summed E-state index contributed by atoms with van der Waals surface area (Å²) in [5.41, 5.74) is 0.680. The van der Waals surface area contributed by atoms with E-state index in [-0.39, 0.29) is 31.8 Å². The van der Waals surface area contributed by atoms with Gasteiger partial charge in [0.15, 0.2) is 0 Å². The van der Waals surface area contributed by atoms with E-state index >= 15 is 0 Å². The molecule has 0 bridgehead atoms. The van der Waals surface area contributed by atoms with Gasteiger partial charge >= 0.3 is 12.1 Å².